The molecule has 40 heavy (non-hydrogen) atoms. The van der Waals surface area contributed by atoms with Crippen molar-refractivity contribution in [1.82, 2.24) is 4.90 Å². The summed E-state index contributed by atoms with van der Waals surface area (Å²) in [7, 11) is 1.69. The summed E-state index contributed by atoms with van der Waals surface area (Å²) in [6.45, 7) is 6.67. The lowest BCUT2D eigenvalue weighted by Gasteiger charge is -2.71. The summed E-state index contributed by atoms with van der Waals surface area (Å²) in [5.41, 5.74) is 0.151. The highest BCUT2D eigenvalue weighted by Crippen LogP contribution is 2.79. The van der Waals surface area contributed by atoms with Crippen molar-refractivity contribution in [3.63, 3.8) is 0 Å². The first-order valence-corrected chi connectivity index (χ1v) is 15.3. The van der Waals surface area contributed by atoms with Crippen molar-refractivity contribution in [1.29, 1.82) is 0 Å². The Morgan fingerprint density at radius 1 is 1.05 bits per heavy atom. The summed E-state index contributed by atoms with van der Waals surface area (Å²) in [5.74, 6) is 0.627. The fourth-order valence-electron chi connectivity index (χ4n) is 10.7. The minimum Gasteiger partial charge on any atom is -0.440 e. The number of hydrogen-bond donors (Lipinski definition) is 1. The van der Waals surface area contributed by atoms with E-state index < -0.39 is 11.0 Å². The van der Waals surface area contributed by atoms with Gasteiger partial charge in [-0.15, -0.1) is 0 Å². The summed E-state index contributed by atoms with van der Waals surface area (Å²) >= 11 is 0. The smallest absolute Gasteiger partial charge is 0.410 e. The first kappa shape index (κ1) is 26.5. The summed E-state index contributed by atoms with van der Waals surface area (Å²) in [6.07, 6.45) is 13.5. The summed E-state index contributed by atoms with van der Waals surface area (Å²) in [6, 6.07) is 9.71. The largest absolute Gasteiger partial charge is 0.440 e. The summed E-state index contributed by atoms with van der Waals surface area (Å²) in [5, 5.41) is 10.9. The molecule has 3 spiro atoms. The van der Waals surface area contributed by atoms with E-state index >= 15 is 0 Å². The molecule has 8 atom stereocenters. The molecule has 0 unspecified atom stereocenters. The molecule has 0 aromatic heterocycles. The van der Waals surface area contributed by atoms with Crippen LogP contribution in [-0.4, -0.2) is 60.4 Å². The number of rotatable bonds is 6. The van der Waals surface area contributed by atoms with Crippen LogP contribution in [0.2, 0.25) is 0 Å². The predicted octanol–water partition coefficient (Wildman–Crippen LogP) is 5.96. The number of nitrogens with zero attached hydrogens (tertiary/aromatic N) is 1. The van der Waals surface area contributed by atoms with Crippen LogP contribution in [0.4, 0.5) is 4.79 Å². The van der Waals surface area contributed by atoms with Crippen LogP contribution in [0.5, 0.6) is 0 Å². The van der Waals surface area contributed by atoms with Gasteiger partial charge in [0.15, 0.2) is 5.78 Å². The van der Waals surface area contributed by atoms with Gasteiger partial charge in [0.05, 0.1) is 12.6 Å². The number of fused-ring (bicyclic) bond motifs is 2. The lowest BCUT2D eigenvalue weighted by Crippen LogP contribution is -2.67. The lowest BCUT2D eigenvalue weighted by molar-refractivity contribution is -0.164. The molecule has 2 bridgehead atoms. The predicted molar refractivity (Wildman–Crippen MR) is 152 cm³/mol. The molecule has 6 nitrogen and oxygen atoms in total. The quantitative estimate of drug-likeness (QED) is 0.271. The van der Waals surface area contributed by atoms with E-state index in [0.717, 1.165) is 56.1 Å². The van der Waals surface area contributed by atoms with Gasteiger partial charge >= 0.3 is 6.09 Å². The third-order valence-corrected chi connectivity index (χ3v) is 12.7. The minimum atomic E-state index is -0.536. The Labute approximate surface area is 237 Å². The third-order valence-electron chi connectivity index (χ3n) is 12.7. The van der Waals surface area contributed by atoms with Gasteiger partial charge in [-0.3, -0.25) is 4.79 Å². The van der Waals surface area contributed by atoms with Crippen LogP contribution < -0.4 is 0 Å². The summed E-state index contributed by atoms with van der Waals surface area (Å²) in [4.78, 5) is 29.5. The van der Waals surface area contributed by atoms with Crippen LogP contribution in [0.15, 0.2) is 54.1 Å². The molecule has 0 radical (unpaired) electrons. The van der Waals surface area contributed by atoms with Crippen LogP contribution in [0.25, 0.3) is 0 Å². The molecule has 7 aliphatic rings. The highest BCUT2D eigenvalue weighted by atomic mass is 16.6. The average Bonchev–Trinajstić information content (AvgIpc) is 3.43. The van der Waals surface area contributed by atoms with Crippen LogP contribution in [0.1, 0.15) is 75.6 Å². The Balaban J connectivity index is 1.34. The molecule has 1 amide bonds. The number of benzene rings is 1. The second kappa shape index (κ2) is 8.78. The molecule has 1 N–H and O–H groups in total. The van der Waals surface area contributed by atoms with E-state index in [1.54, 1.807) is 7.11 Å². The molecule has 6 aliphatic carbocycles. The van der Waals surface area contributed by atoms with E-state index in [9.17, 15) is 14.7 Å². The van der Waals surface area contributed by atoms with Gasteiger partial charge in [-0.25, -0.2) is 4.79 Å². The maximum absolute atomic E-state index is 14.5. The van der Waals surface area contributed by atoms with E-state index in [0.29, 0.717) is 32.0 Å². The van der Waals surface area contributed by atoms with Gasteiger partial charge in [0.25, 0.3) is 0 Å². The highest BCUT2D eigenvalue weighted by molar-refractivity contribution is 6.10. The first-order chi connectivity index (χ1) is 19.1. The molecule has 6 heteroatoms. The third kappa shape index (κ3) is 3.18. The molecule has 1 aromatic rings. The Morgan fingerprint density at radius 3 is 2.55 bits per heavy atom. The van der Waals surface area contributed by atoms with Gasteiger partial charge in [0.2, 0.25) is 0 Å². The zero-order valence-electron chi connectivity index (χ0n) is 24.2. The number of methoxy groups -OCH3 is 1. The van der Waals surface area contributed by atoms with Gasteiger partial charge in [0.1, 0.15) is 5.60 Å². The van der Waals surface area contributed by atoms with E-state index in [1.807, 2.05) is 35.2 Å². The van der Waals surface area contributed by atoms with Gasteiger partial charge < -0.3 is 19.5 Å². The van der Waals surface area contributed by atoms with Crippen LogP contribution >= 0.6 is 0 Å². The number of carbonyl (C=O) groups excluding carboxylic acids is 2. The maximum atomic E-state index is 14.5. The van der Waals surface area contributed by atoms with Crippen molar-refractivity contribution in [2.45, 2.75) is 76.9 Å². The molecular formula is C34H43NO5. The summed E-state index contributed by atoms with van der Waals surface area (Å²) < 4.78 is 11.7. The number of amides is 1. The Hall–Kier alpha value is -2.44. The molecule has 214 valence electrons. The van der Waals surface area contributed by atoms with Crippen LogP contribution in [0.3, 0.4) is 0 Å². The van der Waals surface area contributed by atoms with Crippen molar-refractivity contribution >= 4 is 11.9 Å². The Morgan fingerprint density at radius 2 is 1.77 bits per heavy atom. The zero-order chi connectivity index (χ0) is 28.0. The SMILES string of the molecule is COCCCN1C[C@@]2(CC[C@H]3[C@]45C=C[C@@]6(C=C4C(=O)c4ccccc4)C[C@@H](O)CC[C@]6(C)[C@H]5CC[C@@]32C)OC1=O. The fourth-order valence-corrected chi connectivity index (χ4v) is 10.7. The second-order valence-electron chi connectivity index (χ2n) is 14.1. The second-order valence-corrected chi connectivity index (χ2v) is 14.1. The van der Waals surface area contributed by atoms with Crippen molar-refractivity contribution in [3.05, 3.63) is 59.7 Å². The Bertz CT molecular complexity index is 1290. The molecular weight excluding hydrogens is 502 g/mol. The molecule has 1 aliphatic heterocycles. The molecule has 3 saturated carbocycles. The fraction of sp³-hybridized carbons (Fsp3) is 0.647. The van der Waals surface area contributed by atoms with E-state index in [4.69, 9.17) is 9.47 Å². The number of Topliss-reactive ketones (excluding diaryl/α,β-unsaturated/α-hetero) is 1. The minimum absolute atomic E-state index is 0.0168. The van der Waals surface area contributed by atoms with Crippen molar-refractivity contribution < 1.29 is 24.2 Å². The van der Waals surface area contributed by atoms with Gasteiger partial charge in [-0.1, -0.05) is 62.4 Å². The molecule has 1 heterocycles. The Kier molecular flexibility index (Phi) is 5.81. The zero-order valence-corrected chi connectivity index (χ0v) is 24.2. The van der Waals surface area contributed by atoms with Crippen LogP contribution in [-0.2, 0) is 9.47 Å². The van der Waals surface area contributed by atoms with E-state index in [1.165, 1.54) is 0 Å². The molecule has 8 rings (SSSR count). The first-order valence-electron chi connectivity index (χ1n) is 15.3. The monoisotopic (exact) mass is 545 g/mol. The number of carbonyl (C=O) groups is 2. The number of aliphatic hydroxyl groups is 1. The lowest BCUT2D eigenvalue weighted by atomic mass is 9.32. The van der Waals surface area contributed by atoms with Crippen molar-refractivity contribution in [3.8, 4) is 0 Å². The van der Waals surface area contributed by atoms with Crippen molar-refractivity contribution in [2.24, 2.45) is 33.5 Å². The molecule has 1 saturated heterocycles. The standard InChI is InChI=1S/C34H43NO5/c1-30-13-10-24(36)20-32(30)16-17-34(25(21-32)28(37)23-8-5-4-6-9-23)26(30)11-14-31(2)27(34)12-15-33(31)22-35(29(38)40-33)18-7-19-39-3/h4-6,8-9,16-17,21,24,26-27,36H,7,10-15,18-20,22H2,1-3H3/t24-,26+,27+,30+,31-,32-,33+,34+/m0/s1. The molecule has 1 aromatic carbocycles. The molecule has 4 fully saturated rings. The maximum Gasteiger partial charge on any atom is 0.410 e. The van der Waals surface area contributed by atoms with Crippen LogP contribution in [0, 0.1) is 33.5 Å². The van der Waals surface area contributed by atoms with Gasteiger partial charge in [0, 0.05) is 47.6 Å². The van der Waals surface area contributed by atoms with E-state index in [2.05, 4.69) is 32.1 Å². The van der Waals surface area contributed by atoms with Gasteiger partial charge in [-0.05, 0) is 68.6 Å². The number of ether oxygens (including phenoxy) is 2. The number of hydrogen-bond acceptors (Lipinski definition) is 5. The van der Waals surface area contributed by atoms with E-state index in [-0.39, 0.29) is 40.1 Å². The number of ketones is 1. The topological polar surface area (TPSA) is 76.1 Å². The normalized spacial score (nSPS) is 44.7. The average molecular weight is 546 g/mol. The van der Waals surface area contributed by atoms with Gasteiger partial charge in [-0.2, -0.15) is 0 Å². The van der Waals surface area contributed by atoms with Crippen molar-refractivity contribution in [2.75, 3.05) is 26.8 Å². The number of aliphatic hydroxyl groups excluding tert-OH is 1. The highest BCUT2D eigenvalue weighted by Gasteiger charge is 2.76. The number of allylic oxidation sites excluding steroid dienone is 4.